The maximum absolute atomic E-state index is 13.4. The number of nitrogens with one attached hydrogen (secondary N) is 1. The van der Waals surface area contributed by atoms with Crippen molar-refractivity contribution >= 4 is 17.6 Å². The normalized spacial score (nSPS) is 22.2. The standard InChI is InChI=1S/C15H19FN2O3/c1-9-3-4-11(5-13(9)16)17-14(19)8-18-6-10(2)12(7-18)15(20)21/h3-5,10,12H,6-8H2,1-2H3,(H,17,19)(H,20,21)/t10-,12-/m1/s1. The van der Waals surface area contributed by atoms with Gasteiger partial charge in [-0.3, -0.25) is 14.5 Å². The van der Waals surface area contributed by atoms with E-state index in [2.05, 4.69) is 5.32 Å². The molecule has 1 aliphatic heterocycles. The van der Waals surface area contributed by atoms with E-state index < -0.39 is 11.9 Å². The summed E-state index contributed by atoms with van der Waals surface area (Å²) >= 11 is 0. The maximum Gasteiger partial charge on any atom is 0.308 e. The van der Waals surface area contributed by atoms with Crippen molar-refractivity contribution in [2.45, 2.75) is 13.8 Å². The van der Waals surface area contributed by atoms with E-state index in [-0.39, 0.29) is 24.2 Å². The second-order valence-electron chi connectivity index (χ2n) is 5.63. The third-order valence-electron chi connectivity index (χ3n) is 3.83. The van der Waals surface area contributed by atoms with E-state index in [1.165, 1.54) is 6.07 Å². The van der Waals surface area contributed by atoms with Gasteiger partial charge in [-0.15, -0.1) is 0 Å². The van der Waals surface area contributed by atoms with E-state index in [0.29, 0.717) is 24.3 Å². The summed E-state index contributed by atoms with van der Waals surface area (Å²) in [5.74, 6) is -1.88. The molecule has 0 bridgehead atoms. The number of hydrogen-bond donors (Lipinski definition) is 2. The Kier molecular flexibility index (Phi) is 4.57. The summed E-state index contributed by atoms with van der Waals surface area (Å²) in [7, 11) is 0. The van der Waals surface area contributed by atoms with Gasteiger partial charge in [0, 0.05) is 18.8 Å². The zero-order chi connectivity index (χ0) is 15.6. The van der Waals surface area contributed by atoms with Gasteiger partial charge in [0.25, 0.3) is 0 Å². The fraction of sp³-hybridized carbons (Fsp3) is 0.467. The highest BCUT2D eigenvalue weighted by molar-refractivity contribution is 5.92. The fourth-order valence-electron chi connectivity index (χ4n) is 2.59. The highest BCUT2D eigenvalue weighted by Gasteiger charge is 2.35. The van der Waals surface area contributed by atoms with Crippen LogP contribution in [0.25, 0.3) is 0 Å². The molecule has 1 heterocycles. The summed E-state index contributed by atoms with van der Waals surface area (Å²) in [4.78, 5) is 24.8. The molecule has 5 nitrogen and oxygen atoms in total. The second-order valence-corrected chi connectivity index (χ2v) is 5.63. The summed E-state index contributed by atoms with van der Waals surface area (Å²) < 4.78 is 13.4. The zero-order valence-corrected chi connectivity index (χ0v) is 12.1. The van der Waals surface area contributed by atoms with Crippen molar-refractivity contribution < 1.29 is 19.1 Å². The van der Waals surface area contributed by atoms with Gasteiger partial charge in [-0.25, -0.2) is 4.39 Å². The number of benzene rings is 1. The Balaban J connectivity index is 1.90. The average Bonchev–Trinajstić information content (AvgIpc) is 2.75. The summed E-state index contributed by atoms with van der Waals surface area (Å²) in [5, 5.41) is 11.7. The molecule has 21 heavy (non-hydrogen) atoms. The van der Waals surface area contributed by atoms with E-state index in [1.54, 1.807) is 19.1 Å². The van der Waals surface area contributed by atoms with Crippen LogP contribution in [0.2, 0.25) is 0 Å². The number of carbonyl (C=O) groups excluding carboxylic acids is 1. The molecule has 1 amide bonds. The summed E-state index contributed by atoms with van der Waals surface area (Å²) in [6.45, 7) is 4.58. The van der Waals surface area contributed by atoms with Gasteiger partial charge >= 0.3 is 5.97 Å². The van der Waals surface area contributed by atoms with Crippen LogP contribution in [-0.2, 0) is 9.59 Å². The minimum Gasteiger partial charge on any atom is -0.481 e. The lowest BCUT2D eigenvalue weighted by atomic mass is 9.99. The number of aliphatic carboxylic acids is 1. The Labute approximate surface area is 122 Å². The SMILES string of the molecule is Cc1ccc(NC(=O)CN2C[C@@H](C)[C@H](C(=O)O)C2)cc1F. The van der Waals surface area contributed by atoms with Crippen LogP contribution >= 0.6 is 0 Å². The number of rotatable bonds is 4. The van der Waals surface area contributed by atoms with Crippen molar-refractivity contribution in [3.63, 3.8) is 0 Å². The molecule has 2 N–H and O–H groups in total. The van der Waals surface area contributed by atoms with Gasteiger partial charge in [0.1, 0.15) is 5.82 Å². The van der Waals surface area contributed by atoms with Crippen LogP contribution in [0.1, 0.15) is 12.5 Å². The smallest absolute Gasteiger partial charge is 0.308 e. The first-order chi connectivity index (χ1) is 9.86. The molecule has 0 aromatic heterocycles. The van der Waals surface area contributed by atoms with Crippen LogP contribution in [0.4, 0.5) is 10.1 Å². The Bertz CT molecular complexity index is 562. The van der Waals surface area contributed by atoms with E-state index >= 15 is 0 Å². The number of carbonyl (C=O) groups is 2. The molecule has 1 saturated heterocycles. The number of halogens is 1. The number of carboxylic acid groups (broad SMARTS) is 1. The molecular weight excluding hydrogens is 275 g/mol. The highest BCUT2D eigenvalue weighted by atomic mass is 19.1. The van der Waals surface area contributed by atoms with Crippen molar-refractivity contribution in [2.75, 3.05) is 25.0 Å². The molecule has 6 heteroatoms. The Hall–Kier alpha value is -1.95. The number of likely N-dealkylation sites (tertiary alicyclic amines) is 1. The Morgan fingerprint density at radius 2 is 2.14 bits per heavy atom. The number of aryl methyl sites for hydroxylation is 1. The van der Waals surface area contributed by atoms with Gasteiger partial charge in [-0.2, -0.15) is 0 Å². The average molecular weight is 294 g/mol. The molecule has 1 aromatic carbocycles. The summed E-state index contributed by atoms with van der Waals surface area (Å²) in [6, 6.07) is 4.52. The van der Waals surface area contributed by atoms with Crippen LogP contribution in [0.5, 0.6) is 0 Å². The molecule has 0 unspecified atom stereocenters. The van der Waals surface area contributed by atoms with Crippen LogP contribution in [-0.4, -0.2) is 41.5 Å². The van der Waals surface area contributed by atoms with E-state index in [9.17, 15) is 14.0 Å². The van der Waals surface area contributed by atoms with Crippen LogP contribution in [0.15, 0.2) is 18.2 Å². The van der Waals surface area contributed by atoms with E-state index in [0.717, 1.165) is 0 Å². The van der Waals surface area contributed by atoms with Crippen molar-refractivity contribution in [3.05, 3.63) is 29.6 Å². The topological polar surface area (TPSA) is 69.6 Å². The number of carboxylic acids is 1. The number of anilines is 1. The largest absolute Gasteiger partial charge is 0.481 e. The quantitative estimate of drug-likeness (QED) is 0.887. The predicted octanol–water partition coefficient (Wildman–Crippen LogP) is 1.73. The van der Waals surface area contributed by atoms with Gasteiger partial charge in [0.05, 0.1) is 12.5 Å². The first-order valence-electron chi connectivity index (χ1n) is 6.88. The summed E-state index contributed by atoms with van der Waals surface area (Å²) in [5.41, 5.74) is 0.927. The molecule has 2 atom stereocenters. The lowest BCUT2D eigenvalue weighted by Gasteiger charge is -2.15. The second kappa shape index (κ2) is 6.22. The van der Waals surface area contributed by atoms with Crippen molar-refractivity contribution in [1.82, 2.24) is 4.90 Å². The zero-order valence-electron chi connectivity index (χ0n) is 12.1. The van der Waals surface area contributed by atoms with Crippen LogP contribution < -0.4 is 5.32 Å². The van der Waals surface area contributed by atoms with Crippen molar-refractivity contribution in [3.8, 4) is 0 Å². The third-order valence-corrected chi connectivity index (χ3v) is 3.83. The third kappa shape index (κ3) is 3.78. The number of amides is 1. The fourth-order valence-corrected chi connectivity index (χ4v) is 2.59. The van der Waals surface area contributed by atoms with Gasteiger partial charge in [0.2, 0.25) is 5.91 Å². The molecule has 0 spiro atoms. The van der Waals surface area contributed by atoms with Crippen LogP contribution in [0, 0.1) is 24.6 Å². The molecule has 1 fully saturated rings. The predicted molar refractivity (Wildman–Crippen MR) is 76.5 cm³/mol. The van der Waals surface area contributed by atoms with Gasteiger partial charge < -0.3 is 10.4 Å². The monoisotopic (exact) mass is 294 g/mol. The van der Waals surface area contributed by atoms with Crippen LogP contribution in [0.3, 0.4) is 0 Å². The molecule has 0 radical (unpaired) electrons. The lowest BCUT2D eigenvalue weighted by molar-refractivity contribution is -0.142. The molecule has 114 valence electrons. The Morgan fingerprint density at radius 3 is 2.71 bits per heavy atom. The van der Waals surface area contributed by atoms with E-state index in [1.807, 2.05) is 11.8 Å². The van der Waals surface area contributed by atoms with Gasteiger partial charge in [-0.1, -0.05) is 13.0 Å². The molecule has 1 aliphatic rings. The summed E-state index contributed by atoms with van der Waals surface area (Å²) in [6.07, 6.45) is 0. The maximum atomic E-state index is 13.4. The lowest BCUT2D eigenvalue weighted by Crippen LogP contribution is -2.32. The first-order valence-corrected chi connectivity index (χ1v) is 6.88. The molecule has 0 saturated carbocycles. The van der Waals surface area contributed by atoms with Crippen molar-refractivity contribution in [2.24, 2.45) is 11.8 Å². The minimum absolute atomic E-state index is 0.0205. The number of nitrogens with zero attached hydrogens (tertiary/aromatic N) is 1. The molecular formula is C15H19FN2O3. The van der Waals surface area contributed by atoms with E-state index in [4.69, 9.17) is 5.11 Å². The molecule has 2 rings (SSSR count). The van der Waals surface area contributed by atoms with Gasteiger partial charge in [-0.05, 0) is 30.5 Å². The van der Waals surface area contributed by atoms with Crippen molar-refractivity contribution in [1.29, 1.82) is 0 Å². The molecule has 1 aromatic rings. The highest BCUT2D eigenvalue weighted by Crippen LogP contribution is 2.23. The first kappa shape index (κ1) is 15.4. The number of hydrogen-bond acceptors (Lipinski definition) is 3. The Morgan fingerprint density at radius 1 is 1.43 bits per heavy atom. The minimum atomic E-state index is -0.828. The van der Waals surface area contributed by atoms with Gasteiger partial charge in [0.15, 0.2) is 0 Å². The molecule has 0 aliphatic carbocycles.